The number of hydrogen-bond donors (Lipinski definition) is 2. The van der Waals surface area contributed by atoms with E-state index in [1.165, 1.54) is 0 Å². The maximum Gasteiger partial charge on any atom is 0.223 e. The van der Waals surface area contributed by atoms with Crippen molar-refractivity contribution in [3.8, 4) is 0 Å². The van der Waals surface area contributed by atoms with Crippen molar-refractivity contribution in [1.82, 2.24) is 5.32 Å². The van der Waals surface area contributed by atoms with Crippen molar-refractivity contribution in [3.63, 3.8) is 0 Å². The van der Waals surface area contributed by atoms with Crippen LogP contribution < -0.4 is 11.1 Å². The average molecular weight is 198 g/mol. The highest BCUT2D eigenvalue weighted by atomic mass is 16.5. The fourth-order valence-electron chi connectivity index (χ4n) is 1.85. The molecule has 0 bridgehead atoms. The summed E-state index contributed by atoms with van der Waals surface area (Å²) in [7, 11) is 0. The van der Waals surface area contributed by atoms with Crippen molar-refractivity contribution in [2.45, 2.75) is 44.4 Å². The molecule has 3 unspecified atom stereocenters. The predicted molar refractivity (Wildman–Crippen MR) is 52.7 cm³/mol. The van der Waals surface area contributed by atoms with E-state index in [-0.39, 0.29) is 30.0 Å². The first-order valence-electron chi connectivity index (χ1n) is 5.40. The van der Waals surface area contributed by atoms with Crippen molar-refractivity contribution in [1.29, 1.82) is 0 Å². The van der Waals surface area contributed by atoms with Crippen molar-refractivity contribution < 1.29 is 9.53 Å². The lowest BCUT2D eigenvalue weighted by atomic mass is 9.83. The summed E-state index contributed by atoms with van der Waals surface area (Å²) in [5, 5.41) is 2.97. The molecule has 0 aromatic heterocycles. The van der Waals surface area contributed by atoms with Crippen LogP contribution in [-0.2, 0) is 9.53 Å². The average Bonchev–Trinajstić information content (AvgIpc) is 2.97. The van der Waals surface area contributed by atoms with Crippen LogP contribution in [0.3, 0.4) is 0 Å². The van der Waals surface area contributed by atoms with E-state index in [4.69, 9.17) is 10.5 Å². The van der Waals surface area contributed by atoms with Crippen LogP contribution in [0.4, 0.5) is 0 Å². The number of rotatable bonds is 4. The molecule has 2 fully saturated rings. The Bertz CT molecular complexity index is 226. The van der Waals surface area contributed by atoms with Gasteiger partial charge in [0.25, 0.3) is 0 Å². The zero-order valence-corrected chi connectivity index (χ0v) is 8.53. The molecule has 0 radical (unpaired) electrons. The summed E-state index contributed by atoms with van der Waals surface area (Å²) < 4.78 is 5.47. The summed E-state index contributed by atoms with van der Waals surface area (Å²) >= 11 is 0. The lowest BCUT2D eigenvalue weighted by Gasteiger charge is -2.42. The summed E-state index contributed by atoms with van der Waals surface area (Å²) in [6.07, 6.45) is 3.07. The number of amides is 1. The molecule has 2 saturated carbocycles. The highest BCUT2D eigenvalue weighted by molar-refractivity contribution is 5.81. The molecule has 3 N–H and O–H groups in total. The Labute approximate surface area is 84.2 Å². The largest absolute Gasteiger partial charge is 0.376 e. The van der Waals surface area contributed by atoms with Crippen LogP contribution in [0.5, 0.6) is 0 Å². The van der Waals surface area contributed by atoms with Gasteiger partial charge in [0.1, 0.15) is 0 Å². The smallest absolute Gasteiger partial charge is 0.223 e. The van der Waals surface area contributed by atoms with Gasteiger partial charge < -0.3 is 15.8 Å². The second-order valence-corrected chi connectivity index (χ2v) is 4.20. The van der Waals surface area contributed by atoms with E-state index in [2.05, 4.69) is 5.32 Å². The minimum Gasteiger partial charge on any atom is -0.376 e. The van der Waals surface area contributed by atoms with Gasteiger partial charge in [-0.15, -0.1) is 0 Å². The second-order valence-electron chi connectivity index (χ2n) is 4.20. The van der Waals surface area contributed by atoms with Gasteiger partial charge in [-0.25, -0.2) is 0 Å². The third kappa shape index (κ3) is 1.91. The summed E-state index contributed by atoms with van der Waals surface area (Å²) in [6, 6.07) is 0.123. The molecule has 3 atom stereocenters. The number of carbonyl (C=O) groups excluding carboxylic acids is 1. The Balaban J connectivity index is 1.79. The zero-order chi connectivity index (χ0) is 10.1. The lowest BCUT2D eigenvalue weighted by molar-refractivity contribution is -0.127. The van der Waals surface area contributed by atoms with Gasteiger partial charge in [0.2, 0.25) is 5.91 Å². The molecule has 4 nitrogen and oxygen atoms in total. The molecule has 0 saturated heterocycles. The van der Waals surface area contributed by atoms with Crippen LogP contribution in [0, 0.1) is 5.92 Å². The fourth-order valence-corrected chi connectivity index (χ4v) is 1.85. The summed E-state index contributed by atoms with van der Waals surface area (Å²) in [6.45, 7) is 2.65. The van der Waals surface area contributed by atoms with Crippen molar-refractivity contribution in [2.75, 3.05) is 6.61 Å². The molecule has 2 aliphatic rings. The standard InChI is InChI=1S/C10H18N2O2/c1-2-14-8-5-7(11)9(8)12-10(13)6-3-4-6/h6-9H,2-5,11H2,1H3,(H,12,13). The summed E-state index contributed by atoms with van der Waals surface area (Å²) in [4.78, 5) is 11.5. The molecule has 2 rings (SSSR count). The Hall–Kier alpha value is -0.610. The molecule has 0 aliphatic heterocycles. The SMILES string of the molecule is CCOC1CC(N)C1NC(=O)C1CC1. The van der Waals surface area contributed by atoms with E-state index >= 15 is 0 Å². The number of hydrogen-bond acceptors (Lipinski definition) is 3. The number of ether oxygens (including phenoxy) is 1. The highest BCUT2D eigenvalue weighted by Crippen LogP contribution is 2.30. The topological polar surface area (TPSA) is 64.3 Å². The molecule has 2 aliphatic carbocycles. The maximum absolute atomic E-state index is 11.5. The molecule has 0 spiro atoms. The van der Waals surface area contributed by atoms with Gasteiger partial charge in [0, 0.05) is 18.6 Å². The van der Waals surface area contributed by atoms with Crippen molar-refractivity contribution >= 4 is 5.91 Å². The first-order chi connectivity index (χ1) is 6.72. The molecule has 0 aromatic carbocycles. The van der Waals surface area contributed by atoms with Gasteiger partial charge in [0.05, 0.1) is 12.1 Å². The lowest BCUT2D eigenvalue weighted by Crippen LogP contribution is -2.65. The molecule has 80 valence electrons. The molecule has 1 amide bonds. The molecule has 0 heterocycles. The molecule has 14 heavy (non-hydrogen) atoms. The van der Waals surface area contributed by atoms with Crippen LogP contribution in [0.1, 0.15) is 26.2 Å². The van der Waals surface area contributed by atoms with Crippen molar-refractivity contribution in [2.24, 2.45) is 11.7 Å². The highest BCUT2D eigenvalue weighted by Gasteiger charge is 2.42. The maximum atomic E-state index is 11.5. The van der Waals surface area contributed by atoms with E-state index < -0.39 is 0 Å². The molecular weight excluding hydrogens is 180 g/mol. The van der Waals surface area contributed by atoms with Crippen LogP contribution in [0.2, 0.25) is 0 Å². The summed E-state index contributed by atoms with van der Waals surface area (Å²) in [5.41, 5.74) is 5.82. The fraction of sp³-hybridized carbons (Fsp3) is 0.900. The Morgan fingerprint density at radius 2 is 2.29 bits per heavy atom. The minimum absolute atomic E-state index is 0.0445. The Morgan fingerprint density at radius 3 is 2.79 bits per heavy atom. The van der Waals surface area contributed by atoms with E-state index in [0.29, 0.717) is 6.61 Å². The molecule has 4 heteroatoms. The van der Waals surface area contributed by atoms with E-state index in [0.717, 1.165) is 19.3 Å². The summed E-state index contributed by atoms with van der Waals surface area (Å²) in [5.74, 6) is 0.417. The van der Waals surface area contributed by atoms with E-state index in [1.807, 2.05) is 6.92 Å². The Kier molecular flexibility index (Phi) is 2.74. The van der Waals surface area contributed by atoms with Crippen LogP contribution in [0.15, 0.2) is 0 Å². The van der Waals surface area contributed by atoms with Crippen LogP contribution in [0.25, 0.3) is 0 Å². The first-order valence-corrected chi connectivity index (χ1v) is 5.40. The van der Waals surface area contributed by atoms with Gasteiger partial charge in [-0.05, 0) is 26.2 Å². The quantitative estimate of drug-likeness (QED) is 0.669. The van der Waals surface area contributed by atoms with Gasteiger partial charge in [-0.3, -0.25) is 4.79 Å². The third-order valence-corrected chi connectivity index (χ3v) is 3.00. The number of carbonyl (C=O) groups is 1. The second kappa shape index (κ2) is 3.87. The Morgan fingerprint density at radius 1 is 1.57 bits per heavy atom. The van der Waals surface area contributed by atoms with E-state index in [1.54, 1.807) is 0 Å². The first kappa shape index (κ1) is 9.93. The van der Waals surface area contributed by atoms with Crippen molar-refractivity contribution in [3.05, 3.63) is 0 Å². The molecular formula is C10H18N2O2. The van der Waals surface area contributed by atoms with Crippen LogP contribution >= 0.6 is 0 Å². The number of nitrogens with two attached hydrogens (primary N) is 1. The van der Waals surface area contributed by atoms with Crippen LogP contribution in [-0.4, -0.2) is 30.7 Å². The van der Waals surface area contributed by atoms with Gasteiger partial charge in [0.15, 0.2) is 0 Å². The van der Waals surface area contributed by atoms with Gasteiger partial charge in [-0.2, -0.15) is 0 Å². The zero-order valence-electron chi connectivity index (χ0n) is 8.53. The monoisotopic (exact) mass is 198 g/mol. The minimum atomic E-state index is 0.0445. The van der Waals surface area contributed by atoms with E-state index in [9.17, 15) is 4.79 Å². The van der Waals surface area contributed by atoms with Gasteiger partial charge >= 0.3 is 0 Å². The normalized spacial score (nSPS) is 36.3. The third-order valence-electron chi connectivity index (χ3n) is 3.00. The molecule has 0 aromatic rings. The predicted octanol–water partition coefficient (Wildman–Crippen LogP) is 0.0173. The number of nitrogens with one attached hydrogen (secondary N) is 1. The van der Waals surface area contributed by atoms with Gasteiger partial charge in [-0.1, -0.05) is 0 Å².